The Morgan fingerprint density at radius 1 is 1.22 bits per heavy atom. The Balaban J connectivity index is 1.59. The van der Waals surface area contributed by atoms with E-state index in [1.54, 1.807) is 11.0 Å². The predicted octanol–water partition coefficient (Wildman–Crippen LogP) is 1.78. The quantitative estimate of drug-likeness (QED) is 0.521. The molecule has 1 N–H and O–H groups in total. The molecule has 0 aliphatic carbocycles. The molecule has 1 saturated heterocycles. The van der Waals surface area contributed by atoms with Crippen LogP contribution in [0, 0.1) is 0 Å². The van der Waals surface area contributed by atoms with Gasteiger partial charge in [0.2, 0.25) is 17.4 Å². The second-order valence-electron chi connectivity index (χ2n) is 8.87. The smallest absolute Gasteiger partial charge is 0.486 e. The molecular formula is C23H27F3N8O3. The van der Waals surface area contributed by atoms with E-state index in [0.717, 1.165) is 26.2 Å². The number of carbonyl (C=O) groups excluding carboxylic acids is 1. The van der Waals surface area contributed by atoms with Crippen LogP contribution in [0.1, 0.15) is 6.92 Å². The summed E-state index contributed by atoms with van der Waals surface area (Å²) in [7, 11) is 1.87. The maximum atomic E-state index is 12.8. The average Bonchev–Trinajstić information content (AvgIpc) is 3.27. The topological polar surface area (TPSA) is 100 Å². The molecule has 11 nitrogen and oxygen atoms in total. The second-order valence-corrected chi connectivity index (χ2v) is 8.87. The highest BCUT2D eigenvalue weighted by atomic mass is 19.4. The van der Waals surface area contributed by atoms with Crippen molar-refractivity contribution in [1.29, 1.82) is 0 Å². The van der Waals surface area contributed by atoms with E-state index >= 15 is 0 Å². The van der Waals surface area contributed by atoms with Crippen LogP contribution < -0.4 is 24.6 Å². The van der Waals surface area contributed by atoms with Crippen molar-refractivity contribution in [3.63, 3.8) is 0 Å². The second kappa shape index (κ2) is 10.0. The Labute approximate surface area is 210 Å². The first-order valence-corrected chi connectivity index (χ1v) is 11.9. The molecule has 4 heterocycles. The number of nitrogens with one attached hydrogen (secondary N) is 1. The number of benzene rings is 1. The third kappa shape index (κ3) is 5.25. The van der Waals surface area contributed by atoms with Crippen LogP contribution in [0.2, 0.25) is 0 Å². The van der Waals surface area contributed by atoms with Crippen molar-refractivity contribution in [2.24, 2.45) is 0 Å². The van der Waals surface area contributed by atoms with E-state index in [-0.39, 0.29) is 17.5 Å². The molecule has 0 saturated carbocycles. The number of anilines is 2. The first-order chi connectivity index (χ1) is 17.7. The molecule has 198 valence electrons. The average molecular weight is 521 g/mol. The molecular weight excluding hydrogens is 493 g/mol. The van der Waals surface area contributed by atoms with E-state index in [4.69, 9.17) is 9.84 Å². The van der Waals surface area contributed by atoms with E-state index < -0.39 is 6.36 Å². The molecule has 2 aliphatic rings. The molecule has 2 aromatic heterocycles. The third-order valence-electron chi connectivity index (χ3n) is 6.33. The minimum atomic E-state index is -4.83. The summed E-state index contributed by atoms with van der Waals surface area (Å²) in [5.74, 6) is 0.333. The minimum absolute atomic E-state index is 0.205. The van der Waals surface area contributed by atoms with E-state index in [1.807, 2.05) is 11.9 Å². The Bertz CT molecular complexity index is 1290. The molecule has 1 aromatic carbocycles. The number of carbonyl (C=O) groups is 1. The molecule has 1 amide bonds. The first-order valence-electron chi connectivity index (χ1n) is 11.9. The van der Waals surface area contributed by atoms with E-state index in [1.165, 1.54) is 29.6 Å². The van der Waals surface area contributed by atoms with Gasteiger partial charge in [0.1, 0.15) is 18.0 Å². The SMILES string of the molecule is CC(=O)N(CCN1CCNCC1)c1nn2c(-c3cccc(OC(F)(F)F)c3)nnc2c2c1OCCN2C. The van der Waals surface area contributed by atoms with Crippen LogP contribution >= 0.6 is 0 Å². The Kier molecular flexibility index (Phi) is 6.77. The maximum absolute atomic E-state index is 12.8. The van der Waals surface area contributed by atoms with Crippen molar-refractivity contribution in [3.05, 3.63) is 24.3 Å². The number of amides is 1. The van der Waals surface area contributed by atoms with Gasteiger partial charge in [-0.05, 0) is 12.1 Å². The molecule has 5 rings (SSSR count). The Hall–Kier alpha value is -3.65. The van der Waals surface area contributed by atoms with E-state index in [9.17, 15) is 18.0 Å². The fourth-order valence-corrected chi connectivity index (χ4v) is 4.52. The van der Waals surface area contributed by atoms with Crippen molar-refractivity contribution in [3.8, 4) is 22.9 Å². The van der Waals surface area contributed by atoms with E-state index in [2.05, 4.69) is 25.2 Å². The van der Waals surface area contributed by atoms with Crippen LogP contribution in [0.15, 0.2) is 24.3 Å². The van der Waals surface area contributed by atoms with Gasteiger partial charge >= 0.3 is 6.36 Å². The molecule has 0 radical (unpaired) electrons. The standard InChI is InChI=1S/C23H27F3N8O3/c1-15(35)33(11-10-32-8-6-27-7-9-32)22-19-18(31(2)12-13-36-19)21-29-28-20(34(21)30-22)16-4-3-5-17(14-16)37-23(24,25)26/h3-5,14,27H,6-13H2,1-2H3. The lowest BCUT2D eigenvalue weighted by molar-refractivity contribution is -0.274. The van der Waals surface area contributed by atoms with Crippen LogP contribution in [-0.4, -0.2) is 96.4 Å². The van der Waals surface area contributed by atoms with Crippen molar-refractivity contribution in [2.75, 3.05) is 69.3 Å². The van der Waals surface area contributed by atoms with Crippen molar-refractivity contribution in [2.45, 2.75) is 13.3 Å². The van der Waals surface area contributed by atoms with Gasteiger partial charge in [-0.25, -0.2) is 0 Å². The largest absolute Gasteiger partial charge is 0.573 e. The predicted molar refractivity (Wildman–Crippen MR) is 129 cm³/mol. The van der Waals surface area contributed by atoms with Crippen LogP contribution in [0.4, 0.5) is 24.7 Å². The van der Waals surface area contributed by atoms with Gasteiger partial charge in [-0.2, -0.15) is 4.52 Å². The number of fused-ring (bicyclic) bond motifs is 3. The van der Waals surface area contributed by atoms with Gasteiger partial charge in [-0.3, -0.25) is 14.6 Å². The number of alkyl halides is 3. The van der Waals surface area contributed by atoms with Gasteiger partial charge in [0.25, 0.3) is 0 Å². The maximum Gasteiger partial charge on any atom is 0.573 e. The minimum Gasteiger partial charge on any atom is -0.486 e. The van der Waals surface area contributed by atoms with Crippen molar-refractivity contribution >= 4 is 23.1 Å². The summed E-state index contributed by atoms with van der Waals surface area (Å²) >= 11 is 0. The zero-order valence-corrected chi connectivity index (χ0v) is 20.5. The number of likely N-dealkylation sites (N-methyl/N-ethyl adjacent to an activating group) is 1. The lowest BCUT2D eigenvalue weighted by Gasteiger charge is -2.33. The summed E-state index contributed by atoms with van der Waals surface area (Å²) in [6, 6.07) is 5.45. The fraction of sp³-hybridized carbons (Fsp3) is 0.478. The van der Waals surface area contributed by atoms with Gasteiger partial charge in [-0.15, -0.1) is 28.5 Å². The highest BCUT2D eigenvalue weighted by molar-refractivity contribution is 5.95. The lowest BCUT2D eigenvalue weighted by atomic mass is 10.2. The van der Waals surface area contributed by atoms with Crippen LogP contribution in [0.5, 0.6) is 11.5 Å². The summed E-state index contributed by atoms with van der Waals surface area (Å²) in [5, 5.41) is 16.5. The summed E-state index contributed by atoms with van der Waals surface area (Å²) in [6.45, 7) is 7.00. The number of rotatable bonds is 6. The fourth-order valence-electron chi connectivity index (χ4n) is 4.52. The summed E-state index contributed by atoms with van der Waals surface area (Å²) < 4.78 is 49.9. The molecule has 37 heavy (non-hydrogen) atoms. The van der Waals surface area contributed by atoms with Gasteiger partial charge in [-0.1, -0.05) is 12.1 Å². The normalized spacial score (nSPS) is 16.4. The first kappa shape index (κ1) is 25.0. The molecule has 3 aromatic rings. The zero-order chi connectivity index (χ0) is 26.2. The van der Waals surface area contributed by atoms with Gasteiger partial charge < -0.3 is 19.7 Å². The van der Waals surface area contributed by atoms with Gasteiger partial charge in [0.15, 0.2) is 11.6 Å². The number of piperazine rings is 1. The Morgan fingerprint density at radius 3 is 2.73 bits per heavy atom. The van der Waals surface area contributed by atoms with Crippen LogP contribution in [-0.2, 0) is 4.79 Å². The third-order valence-corrected chi connectivity index (χ3v) is 6.33. The lowest BCUT2D eigenvalue weighted by Crippen LogP contribution is -2.47. The molecule has 0 atom stereocenters. The monoisotopic (exact) mass is 520 g/mol. The molecule has 0 bridgehead atoms. The van der Waals surface area contributed by atoms with Crippen molar-refractivity contribution < 1.29 is 27.4 Å². The highest BCUT2D eigenvalue weighted by Gasteiger charge is 2.33. The molecule has 2 aliphatic heterocycles. The summed E-state index contributed by atoms with van der Waals surface area (Å²) in [6.07, 6.45) is -4.83. The molecule has 0 unspecified atom stereocenters. The van der Waals surface area contributed by atoms with Gasteiger partial charge in [0, 0.05) is 58.8 Å². The number of ether oxygens (including phenoxy) is 2. The number of hydrogen-bond acceptors (Lipinski definition) is 9. The van der Waals surface area contributed by atoms with Crippen LogP contribution in [0.3, 0.4) is 0 Å². The van der Waals surface area contributed by atoms with Crippen LogP contribution in [0.25, 0.3) is 17.0 Å². The molecule has 14 heteroatoms. The molecule has 1 fully saturated rings. The number of aromatic nitrogens is 4. The number of halogens is 3. The zero-order valence-electron chi connectivity index (χ0n) is 20.5. The number of nitrogens with zero attached hydrogens (tertiary/aromatic N) is 7. The highest BCUT2D eigenvalue weighted by Crippen LogP contribution is 2.42. The molecule has 0 spiro atoms. The number of hydrogen-bond donors (Lipinski definition) is 1. The summed E-state index contributed by atoms with van der Waals surface area (Å²) in [4.78, 5) is 18.6. The van der Waals surface area contributed by atoms with Gasteiger partial charge in [0.05, 0.1) is 6.54 Å². The Morgan fingerprint density at radius 2 is 2.00 bits per heavy atom. The van der Waals surface area contributed by atoms with Crippen molar-refractivity contribution in [1.82, 2.24) is 30.0 Å². The summed E-state index contributed by atoms with van der Waals surface area (Å²) in [5.41, 5.74) is 1.29. The van der Waals surface area contributed by atoms with E-state index in [0.29, 0.717) is 54.7 Å².